The molecule has 21 heavy (non-hydrogen) atoms. The van der Waals surface area contributed by atoms with Crippen molar-refractivity contribution in [1.82, 2.24) is 0 Å². The summed E-state index contributed by atoms with van der Waals surface area (Å²) in [5.74, 6) is -0.152. The van der Waals surface area contributed by atoms with Gasteiger partial charge in [-0.15, -0.1) is 0 Å². The van der Waals surface area contributed by atoms with Gasteiger partial charge in [0, 0.05) is 6.42 Å². The van der Waals surface area contributed by atoms with Crippen molar-refractivity contribution in [2.24, 2.45) is 0 Å². The van der Waals surface area contributed by atoms with E-state index in [9.17, 15) is 9.90 Å². The Bertz CT molecular complexity index is 427. The van der Waals surface area contributed by atoms with Gasteiger partial charge in [0.15, 0.2) is 0 Å². The van der Waals surface area contributed by atoms with E-state index in [2.05, 4.69) is 6.92 Å². The average molecular weight is 294 g/mol. The second-order valence-corrected chi connectivity index (χ2v) is 5.46. The first-order valence-corrected chi connectivity index (χ1v) is 7.60. The first kappa shape index (κ1) is 17.5. The van der Waals surface area contributed by atoms with E-state index in [1.165, 1.54) is 0 Å². The summed E-state index contributed by atoms with van der Waals surface area (Å²) in [5.41, 5.74) is -0.306. The zero-order valence-electron chi connectivity index (χ0n) is 13.0. The summed E-state index contributed by atoms with van der Waals surface area (Å²) in [4.78, 5) is 10.8. The first-order chi connectivity index (χ1) is 10.0. The van der Waals surface area contributed by atoms with Crippen LogP contribution in [0, 0.1) is 0 Å². The molecule has 118 valence electrons. The van der Waals surface area contributed by atoms with E-state index in [4.69, 9.17) is 9.84 Å². The lowest BCUT2D eigenvalue weighted by atomic mass is 9.84. The van der Waals surface area contributed by atoms with Crippen LogP contribution in [0.25, 0.3) is 0 Å². The minimum absolute atomic E-state index is 0.0314. The number of carboxylic acids is 1. The van der Waals surface area contributed by atoms with Gasteiger partial charge in [-0.2, -0.15) is 0 Å². The van der Waals surface area contributed by atoms with Crippen molar-refractivity contribution in [3.05, 3.63) is 29.8 Å². The van der Waals surface area contributed by atoms with Crippen molar-refractivity contribution in [2.75, 3.05) is 7.11 Å². The quantitative estimate of drug-likeness (QED) is 0.645. The summed E-state index contributed by atoms with van der Waals surface area (Å²) in [7, 11) is 1.59. The largest absolute Gasteiger partial charge is 0.497 e. The van der Waals surface area contributed by atoms with Gasteiger partial charge in [0.25, 0.3) is 0 Å². The van der Waals surface area contributed by atoms with Gasteiger partial charge in [-0.3, -0.25) is 4.79 Å². The van der Waals surface area contributed by atoms with Crippen LogP contribution in [0.1, 0.15) is 57.4 Å². The molecule has 0 fully saturated rings. The zero-order valence-corrected chi connectivity index (χ0v) is 13.0. The van der Waals surface area contributed by atoms with Gasteiger partial charge in [-0.05, 0) is 30.5 Å². The molecule has 0 radical (unpaired) electrons. The van der Waals surface area contributed by atoms with Crippen LogP contribution in [-0.2, 0) is 10.4 Å². The summed E-state index contributed by atoms with van der Waals surface area (Å²) in [6.07, 6.45) is 5.02. The number of methoxy groups -OCH3 is 1. The second-order valence-electron chi connectivity index (χ2n) is 5.46. The van der Waals surface area contributed by atoms with Gasteiger partial charge in [-0.1, -0.05) is 44.7 Å². The van der Waals surface area contributed by atoms with Crippen LogP contribution in [0.3, 0.4) is 0 Å². The molecular formula is C17H26O4. The van der Waals surface area contributed by atoms with Crippen LogP contribution in [0.4, 0.5) is 0 Å². The zero-order chi connectivity index (χ0) is 15.7. The van der Waals surface area contributed by atoms with Crippen molar-refractivity contribution in [1.29, 1.82) is 0 Å². The molecule has 0 saturated carbocycles. The Kier molecular flexibility index (Phi) is 7.23. The van der Waals surface area contributed by atoms with Crippen molar-refractivity contribution in [2.45, 2.75) is 57.5 Å². The van der Waals surface area contributed by atoms with E-state index in [1.807, 2.05) is 12.1 Å². The molecule has 4 heteroatoms. The van der Waals surface area contributed by atoms with Gasteiger partial charge in [0.1, 0.15) is 5.75 Å². The highest BCUT2D eigenvalue weighted by Gasteiger charge is 2.29. The van der Waals surface area contributed by atoms with E-state index in [0.29, 0.717) is 6.42 Å². The molecule has 1 unspecified atom stereocenters. The molecule has 0 spiro atoms. The second kappa shape index (κ2) is 8.67. The number of aliphatic hydroxyl groups is 1. The van der Waals surface area contributed by atoms with Gasteiger partial charge in [0.2, 0.25) is 0 Å². The van der Waals surface area contributed by atoms with Gasteiger partial charge in [0.05, 0.1) is 12.7 Å². The molecule has 0 saturated heterocycles. The predicted octanol–water partition coefficient (Wildman–Crippen LogP) is 3.72. The molecule has 0 aliphatic carbocycles. The van der Waals surface area contributed by atoms with Crippen LogP contribution >= 0.6 is 0 Å². The highest BCUT2D eigenvalue weighted by atomic mass is 16.5. The molecule has 2 N–H and O–H groups in total. The van der Waals surface area contributed by atoms with Gasteiger partial charge < -0.3 is 14.9 Å². The SMILES string of the molecule is CCCCCCC(O)(CCC(=O)O)c1ccc(OC)cc1. The number of ether oxygens (including phenoxy) is 1. The van der Waals surface area contributed by atoms with Crippen molar-refractivity contribution in [3.8, 4) is 5.75 Å². The molecule has 0 bridgehead atoms. The average Bonchev–Trinajstić information content (AvgIpc) is 2.50. The summed E-state index contributed by atoms with van der Waals surface area (Å²) in [5, 5.41) is 19.8. The highest BCUT2D eigenvalue weighted by Crippen LogP contribution is 2.33. The minimum Gasteiger partial charge on any atom is -0.497 e. The number of rotatable bonds is 10. The van der Waals surface area contributed by atoms with Gasteiger partial charge >= 0.3 is 5.97 Å². The molecular weight excluding hydrogens is 268 g/mol. The number of hydrogen-bond acceptors (Lipinski definition) is 3. The first-order valence-electron chi connectivity index (χ1n) is 7.60. The number of hydrogen-bond donors (Lipinski definition) is 2. The maximum Gasteiger partial charge on any atom is 0.303 e. The number of carboxylic acid groups (broad SMARTS) is 1. The maximum absolute atomic E-state index is 10.9. The standard InChI is InChI=1S/C17H26O4/c1-3-4-5-6-12-17(20,13-11-16(18)19)14-7-9-15(21-2)10-8-14/h7-10,20H,3-6,11-13H2,1-2H3,(H,18,19). The monoisotopic (exact) mass is 294 g/mol. The fraction of sp³-hybridized carbons (Fsp3) is 0.588. The minimum atomic E-state index is -1.07. The number of unbranched alkanes of at least 4 members (excludes halogenated alkanes) is 3. The Hall–Kier alpha value is -1.55. The van der Waals surface area contributed by atoms with E-state index >= 15 is 0 Å². The van der Waals surface area contributed by atoms with Crippen LogP contribution in [-0.4, -0.2) is 23.3 Å². The Labute approximate surface area is 126 Å². The third kappa shape index (κ3) is 5.76. The van der Waals surface area contributed by atoms with E-state index in [-0.39, 0.29) is 12.8 Å². The van der Waals surface area contributed by atoms with E-state index in [1.54, 1.807) is 19.2 Å². The summed E-state index contributed by atoms with van der Waals surface area (Å²) in [6, 6.07) is 7.24. The molecule has 0 heterocycles. The molecule has 0 aliphatic rings. The molecule has 0 aromatic heterocycles. The Balaban J connectivity index is 2.79. The van der Waals surface area contributed by atoms with Crippen LogP contribution < -0.4 is 4.74 Å². The topological polar surface area (TPSA) is 66.8 Å². The van der Waals surface area contributed by atoms with Crippen LogP contribution in [0.2, 0.25) is 0 Å². The number of benzene rings is 1. The molecule has 0 aliphatic heterocycles. The summed E-state index contributed by atoms with van der Waals surface area (Å²) in [6.45, 7) is 2.14. The molecule has 1 atom stereocenters. The molecule has 1 aromatic carbocycles. The third-order valence-corrected chi connectivity index (χ3v) is 3.82. The predicted molar refractivity (Wildman–Crippen MR) is 82.5 cm³/mol. The van der Waals surface area contributed by atoms with Crippen molar-refractivity contribution in [3.63, 3.8) is 0 Å². The summed E-state index contributed by atoms with van der Waals surface area (Å²) < 4.78 is 5.12. The molecule has 1 rings (SSSR count). The van der Waals surface area contributed by atoms with Crippen LogP contribution in [0.15, 0.2) is 24.3 Å². The Morgan fingerprint density at radius 3 is 2.33 bits per heavy atom. The number of carbonyl (C=O) groups is 1. The third-order valence-electron chi connectivity index (χ3n) is 3.82. The molecule has 1 aromatic rings. The highest BCUT2D eigenvalue weighted by molar-refractivity contribution is 5.66. The maximum atomic E-state index is 10.9. The van der Waals surface area contributed by atoms with E-state index in [0.717, 1.165) is 37.0 Å². The van der Waals surface area contributed by atoms with Crippen molar-refractivity contribution < 1.29 is 19.7 Å². The normalized spacial score (nSPS) is 13.7. The van der Waals surface area contributed by atoms with E-state index < -0.39 is 11.6 Å². The molecule has 4 nitrogen and oxygen atoms in total. The fourth-order valence-electron chi connectivity index (χ4n) is 2.47. The lowest BCUT2D eigenvalue weighted by molar-refractivity contribution is -0.138. The summed E-state index contributed by atoms with van der Waals surface area (Å²) >= 11 is 0. The van der Waals surface area contributed by atoms with Crippen molar-refractivity contribution >= 4 is 5.97 Å². The Morgan fingerprint density at radius 1 is 1.14 bits per heavy atom. The fourth-order valence-corrected chi connectivity index (χ4v) is 2.47. The molecule has 0 amide bonds. The van der Waals surface area contributed by atoms with Gasteiger partial charge in [-0.25, -0.2) is 0 Å². The lowest BCUT2D eigenvalue weighted by Gasteiger charge is -2.28. The van der Waals surface area contributed by atoms with Crippen LogP contribution in [0.5, 0.6) is 5.75 Å². The smallest absolute Gasteiger partial charge is 0.303 e. The Morgan fingerprint density at radius 2 is 1.81 bits per heavy atom. The number of aliphatic carboxylic acids is 1. The lowest BCUT2D eigenvalue weighted by Crippen LogP contribution is -2.26.